The molecule has 0 saturated heterocycles. The van der Waals surface area contributed by atoms with E-state index in [0.717, 1.165) is 11.1 Å². The van der Waals surface area contributed by atoms with Crippen molar-refractivity contribution in [2.24, 2.45) is 0 Å². The summed E-state index contributed by atoms with van der Waals surface area (Å²) in [4.78, 5) is 12.9. The van der Waals surface area contributed by atoms with Crippen molar-refractivity contribution in [3.05, 3.63) is 81.8 Å². The Kier molecular flexibility index (Phi) is 9.43. The molecule has 0 aliphatic heterocycles. The van der Waals surface area contributed by atoms with Gasteiger partial charge in [0.2, 0.25) is 0 Å². The molecule has 3 N–H and O–H groups in total. The smallest absolute Gasteiger partial charge is 0.261 e. The van der Waals surface area contributed by atoms with Crippen LogP contribution in [0.3, 0.4) is 0 Å². The lowest BCUT2D eigenvalue weighted by atomic mass is 10.1. The van der Waals surface area contributed by atoms with Crippen LogP contribution in [0.15, 0.2) is 70.0 Å². The molecule has 1 amide bonds. The summed E-state index contributed by atoms with van der Waals surface area (Å²) < 4.78 is 39.5. The Balaban J connectivity index is 1.65. The maximum Gasteiger partial charge on any atom is 0.261 e. The molecule has 8 nitrogen and oxygen atoms in total. The van der Waals surface area contributed by atoms with Crippen LogP contribution in [-0.4, -0.2) is 39.8 Å². The number of thiocarbonyl (C=S) groups is 1. The minimum atomic E-state index is -3.77. The van der Waals surface area contributed by atoms with Crippen LogP contribution in [0.4, 0.5) is 11.4 Å². The van der Waals surface area contributed by atoms with Gasteiger partial charge in [0.25, 0.3) is 15.9 Å². The summed E-state index contributed by atoms with van der Waals surface area (Å²) in [5.41, 5.74) is 3.22. The highest BCUT2D eigenvalue weighted by Crippen LogP contribution is 2.24. The molecule has 0 bridgehead atoms. The number of methoxy groups -OCH3 is 1. The maximum absolute atomic E-state index is 12.8. The number of ether oxygens (including phenoxy) is 2. The van der Waals surface area contributed by atoms with Crippen molar-refractivity contribution >= 4 is 60.6 Å². The summed E-state index contributed by atoms with van der Waals surface area (Å²) >= 11 is 8.62. The average molecular weight is 593 g/mol. The molecule has 3 aromatic rings. The molecule has 0 unspecified atom stereocenters. The summed E-state index contributed by atoms with van der Waals surface area (Å²) in [6, 6.07) is 16.6. The first-order valence-corrected chi connectivity index (χ1v) is 13.5. The second-order valence-corrected chi connectivity index (χ2v) is 10.9. The predicted octanol–water partition coefficient (Wildman–Crippen LogP) is 5.02. The van der Waals surface area contributed by atoms with Crippen LogP contribution < -0.4 is 20.1 Å². The Morgan fingerprint density at radius 3 is 2.25 bits per heavy atom. The Morgan fingerprint density at radius 1 is 0.944 bits per heavy atom. The van der Waals surface area contributed by atoms with Gasteiger partial charge in [0, 0.05) is 23.0 Å². The van der Waals surface area contributed by atoms with Gasteiger partial charge < -0.3 is 14.8 Å². The zero-order valence-electron chi connectivity index (χ0n) is 19.9. The first-order chi connectivity index (χ1) is 17.1. The van der Waals surface area contributed by atoms with Crippen LogP contribution in [0, 0.1) is 13.8 Å². The van der Waals surface area contributed by atoms with Crippen LogP contribution >= 0.6 is 28.1 Å². The number of carbonyl (C=O) groups excluding carboxylic acids is 1. The van der Waals surface area contributed by atoms with E-state index in [9.17, 15) is 13.2 Å². The van der Waals surface area contributed by atoms with Gasteiger partial charge in [-0.2, -0.15) is 0 Å². The second-order valence-electron chi connectivity index (χ2n) is 7.90. The van der Waals surface area contributed by atoms with Gasteiger partial charge in [0.15, 0.2) is 5.11 Å². The van der Waals surface area contributed by atoms with E-state index in [1.54, 1.807) is 49.6 Å². The van der Waals surface area contributed by atoms with Crippen molar-refractivity contribution in [1.82, 2.24) is 5.32 Å². The monoisotopic (exact) mass is 591 g/mol. The molecular weight excluding hydrogens is 566 g/mol. The molecule has 0 aromatic heterocycles. The van der Waals surface area contributed by atoms with E-state index in [1.165, 1.54) is 12.1 Å². The van der Waals surface area contributed by atoms with Crippen molar-refractivity contribution in [3.63, 3.8) is 0 Å². The van der Waals surface area contributed by atoms with Gasteiger partial charge >= 0.3 is 0 Å². The van der Waals surface area contributed by atoms with E-state index in [4.69, 9.17) is 21.7 Å². The molecule has 0 aliphatic rings. The van der Waals surface area contributed by atoms with Crippen molar-refractivity contribution in [3.8, 4) is 5.75 Å². The van der Waals surface area contributed by atoms with Gasteiger partial charge in [0.05, 0.1) is 17.1 Å². The highest BCUT2D eigenvalue weighted by molar-refractivity contribution is 9.10. The molecule has 0 spiro atoms. The summed E-state index contributed by atoms with van der Waals surface area (Å²) in [5, 5.41) is 5.54. The molecule has 36 heavy (non-hydrogen) atoms. The molecule has 3 aromatic carbocycles. The number of rotatable bonds is 9. The molecule has 11 heteroatoms. The quantitative estimate of drug-likeness (QED) is 0.237. The fraction of sp³-hybridized carbons (Fsp3) is 0.200. The van der Waals surface area contributed by atoms with Crippen molar-refractivity contribution in [1.29, 1.82) is 0 Å². The first kappa shape index (κ1) is 27.6. The fourth-order valence-corrected chi connectivity index (χ4v) is 4.95. The van der Waals surface area contributed by atoms with Crippen LogP contribution in [0.1, 0.15) is 21.5 Å². The highest BCUT2D eigenvalue weighted by atomic mass is 79.9. The SMILES string of the molecule is COCCOc1ccc(Br)cc1C(=O)NC(=S)Nc1ccc(S(=O)(=O)Nc2cc(C)cc(C)c2)cc1. The summed E-state index contributed by atoms with van der Waals surface area (Å²) in [6.07, 6.45) is 0. The second kappa shape index (κ2) is 12.3. The zero-order chi connectivity index (χ0) is 26.3. The topological polar surface area (TPSA) is 106 Å². The van der Waals surface area contributed by atoms with Crippen LogP contribution in [0.25, 0.3) is 0 Å². The normalized spacial score (nSPS) is 11.0. The van der Waals surface area contributed by atoms with Crippen molar-refractivity contribution < 1.29 is 22.7 Å². The number of sulfonamides is 1. The minimum absolute atomic E-state index is 0.0479. The average Bonchev–Trinajstić information content (AvgIpc) is 2.79. The Morgan fingerprint density at radius 2 is 1.61 bits per heavy atom. The molecular formula is C25H26BrN3O5S2. The van der Waals surface area contributed by atoms with E-state index in [-0.39, 0.29) is 16.6 Å². The molecule has 0 heterocycles. The number of hydrogen-bond donors (Lipinski definition) is 3. The van der Waals surface area contributed by atoms with E-state index in [1.807, 2.05) is 19.9 Å². The maximum atomic E-state index is 12.8. The Bertz CT molecular complexity index is 1340. The first-order valence-electron chi connectivity index (χ1n) is 10.8. The number of hydrogen-bond acceptors (Lipinski definition) is 6. The summed E-state index contributed by atoms with van der Waals surface area (Å²) in [6.45, 7) is 4.47. The third-order valence-corrected chi connectivity index (χ3v) is 6.95. The largest absolute Gasteiger partial charge is 0.490 e. The van der Waals surface area contributed by atoms with Crippen LogP contribution in [-0.2, 0) is 14.8 Å². The molecule has 0 atom stereocenters. The van der Waals surface area contributed by atoms with Crippen molar-refractivity contribution in [2.75, 3.05) is 30.4 Å². The lowest BCUT2D eigenvalue weighted by molar-refractivity contribution is 0.0969. The van der Waals surface area contributed by atoms with Gasteiger partial charge in [0.1, 0.15) is 12.4 Å². The number of halogens is 1. The van der Waals surface area contributed by atoms with Gasteiger partial charge in [-0.25, -0.2) is 8.42 Å². The lowest BCUT2D eigenvalue weighted by Gasteiger charge is -2.14. The molecule has 0 aliphatic carbocycles. The van der Waals surface area contributed by atoms with Gasteiger partial charge in [-0.3, -0.25) is 14.8 Å². The van der Waals surface area contributed by atoms with E-state index >= 15 is 0 Å². The van der Waals surface area contributed by atoms with E-state index in [2.05, 4.69) is 31.3 Å². The summed E-state index contributed by atoms with van der Waals surface area (Å²) in [7, 11) is -2.21. The molecule has 190 valence electrons. The number of benzene rings is 3. The Hall–Kier alpha value is -2.99. The fourth-order valence-electron chi connectivity index (χ4n) is 3.34. The number of aryl methyl sites for hydroxylation is 2. The van der Waals surface area contributed by atoms with Gasteiger partial charge in [-0.1, -0.05) is 22.0 Å². The minimum Gasteiger partial charge on any atom is -0.490 e. The van der Waals surface area contributed by atoms with Gasteiger partial charge in [-0.15, -0.1) is 0 Å². The third-order valence-electron chi connectivity index (χ3n) is 4.85. The number of nitrogens with one attached hydrogen (secondary N) is 3. The van der Waals surface area contributed by atoms with E-state index in [0.29, 0.717) is 33.8 Å². The lowest BCUT2D eigenvalue weighted by Crippen LogP contribution is -2.34. The van der Waals surface area contributed by atoms with Gasteiger partial charge in [-0.05, 0) is 91.8 Å². The molecule has 0 radical (unpaired) electrons. The third kappa shape index (κ3) is 7.76. The standard InChI is InChI=1S/C25H26BrN3O5S2/c1-16-12-17(2)14-20(13-16)29-36(31,32)21-7-5-19(6-8-21)27-25(35)28-24(30)22-15-18(26)4-9-23(22)34-11-10-33-3/h4-9,12-15,29H,10-11H2,1-3H3,(H2,27,28,30,35). The number of carbonyl (C=O) groups is 1. The van der Waals surface area contributed by atoms with Crippen LogP contribution in [0.5, 0.6) is 5.75 Å². The number of amides is 1. The predicted molar refractivity (Wildman–Crippen MR) is 148 cm³/mol. The summed E-state index contributed by atoms with van der Waals surface area (Å²) in [5.74, 6) is -0.0699. The van der Waals surface area contributed by atoms with E-state index < -0.39 is 15.9 Å². The highest BCUT2D eigenvalue weighted by Gasteiger charge is 2.17. The van der Waals surface area contributed by atoms with Crippen molar-refractivity contribution in [2.45, 2.75) is 18.7 Å². The van der Waals surface area contributed by atoms with Crippen LogP contribution in [0.2, 0.25) is 0 Å². The molecule has 3 rings (SSSR count). The molecule has 0 fully saturated rings. The number of anilines is 2. The zero-order valence-corrected chi connectivity index (χ0v) is 23.1. The molecule has 0 saturated carbocycles. The Labute approximate surface area is 224 Å².